The molecule has 0 unspecified atom stereocenters. The first-order chi connectivity index (χ1) is 7.00. The molecule has 0 aromatic rings. The molecule has 1 saturated heterocycles. The molecule has 6 heteroatoms. The average molecular weight is 215 g/mol. The Morgan fingerprint density at radius 3 is 2.67 bits per heavy atom. The Labute approximate surface area is 88.8 Å². The normalized spacial score (nSPS) is 21.5. The van der Waals surface area contributed by atoms with E-state index in [2.05, 4.69) is 5.43 Å². The molecule has 15 heavy (non-hydrogen) atoms. The monoisotopic (exact) mass is 215 g/mol. The van der Waals surface area contributed by atoms with Crippen molar-refractivity contribution >= 4 is 12.0 Å². The zero-order valence-corrected chi connectivity index (χ0v) is 9.06. The number of aliphatic carboxylic acids is 1. The summed E-state index contributed by atoms with van der Waals surface area (Å²) in [5.74, 6) is -1.25. The van der Waals surface area contributed by atoms with Crippen molar-refractivity contribution in [3.05, 3.63) is 0 Å². The molecule has 1 fully saturated rings. The lowest BCUT2D eigenvalue weighted by molar-refractivity contribution is -0.143. The minimum absolute atomic E-state index is 0.231. The van der Waals surface area contributed by atoms with E-state index in [1.165, 1.54) is 0 Å². The predicted octanol–water partition coefficient (Wildman–Crippen LogP) is -0.0308. The third-order valence-corrected chi connectivity index (χ3v) is 2.38. The average Bonchev–Trinajstić information content (AvgIpc) is 2.17. The fraction of sp³-hybridized carbons (Fsp3) is 0.778. The molecular weight excluding hydrogens is 198 g/mol. The minimum atomic E-state index is -0.822. The van der Waals surface area contributed by atoms with E-state index in [1.807, 2.05) is 0 Å². The van der Waals surface area contributed by atoms with Crippen LogP contribution in [0, 0.1) is 5.92 Å². The Hall–Kier alpha value is -1.30. The van der Waals surface area contributed by atoms with Gasteiger partial charge in [-0.3, -0.25) is 10.2 Å². The van der Waals surface area contributed by atoms with E-state index in [1.54, 1.807) is 24.0 Å². The molecule has 2 N–H and O–H groups in total. The number of piperidine rings is 1. The topological polar surface area (TPSA) is 72.9 Å². The smallest absolute Gasteiger partial charge is 0.331 e. The van der Waals surface area contributed by atoms with Gasteiger partial charge >= 0.3 is 12.0 Å². The van der Waals surface area contributed by atoms with Gasteiger partial charge in [-0.05, 0) is 12.8 Å². The lowest BCUT2D eigenvalue weighted by Crippen LogP contribution is -2.50. The van der Waals surface area contributed by atoms with Crippen LogP contribution in [0.4, 0.5) is 4.79 Å². The minimum Gasteiger partial charge on any atom is -0.481 e. The van der Waals surface area contributed by atoms with Crippen LogP contribution in [0.5, 0.6) is 0 Å². The van der Waals surface area contributed by atoms with Gasteiger partial charge in [-0.15, -0.1) is 0 Å². The van der Waals surface area contributed by atoms with Crippen molar-refractivity contribution in [2.75, 3.05) is 27.2 Å². The standard InChI is InChI=1S/C9H17N3O3/c1-11(2)10-9(15)12-5-3-4-7(6-12)8(13)14/h7H,3-6H2,1-2H3,(H,10,15)(H,13,14)/t7-/m0/s1. The maximum absolute atomic E-state index is 11.6. The highest BCUT2D eigenvalue weighted by atomic mass is 16.4. The molecule has 2 amide bonds. The first-order valence-electron chi connectivity index (χ1n) is 4.96. The highest BCUT2D eigenvalue weighted by Crippen LogP contribution is 2.16. The third kappa shape index (κ3) is 3.39. The van der Waals surface area contributed by atoms with Gasteiger partial charge in [0.15, 0.2) is 0 Å². The number of nitrogens with one attached hydrogen (secondary N) is 1. The van der Waals surface area contributed by atoms with Crippen molar-refractivity contribution in [1.82, 2.24) is 15.3 Å². The Balaban J connectivity index is 2.48. The summed E-state index contributed by atoms with van der Waals surface area (Å²) in [6.07, 6.45) is 1.40. The van der Waals surface area contributed by atoms with Crippen LogP contribution in [-0.2, 0) is 4.79 Å². The summed E-state index contributed by atoms with van der Waals surface area (Å²) >= 11 is 0. The molecule has 0 bridgehead atoms. The summed E-state index contributed by atoms with van der Waals surface area (Å²) in [6, 6.07) is -0.231. The Kier molecular flexibility index (Phi) is 3.90. The van der Waals surface area contributed by atoms with E-state index in [-0.39, 0.29) is 6.03 Å². The molecule has 1 heterocycles. The van der Waals surface area contributed by atoms with Gasteiger partial charge in [-0.1, -0.05) is 0 Å². The molecule has 0 aliphatic carbocycles. The second-order valence-corrected chi connectivity index (χ2v) is 3.93. The number of carboxylic acid groups (broad SMARTS) is 1. The van der Waals surface area contributed by atoms with Crippen molar-refractivity contribution in [3.63, 3.8) is 0 Å². The molecule has 1 aliphatic rings. The molecule has 86 valence electrons. The molecule has 6 nitrogen and oxygen atoms in total. The number of carboxylic acids is 1. The van der Waals surface area contributed by atoms with Crippen LogP contribution in [0.25, 0.3) is 0 Å². The second kappa shape index (κ2) is 4.97. The summed E-state index contributed by atoms with van der Waals surface area (Å²) in [4.78, 5) is 23.9. The lowest BCUT2D eigenvalue weighted by atomic mass is 9.99. The van der Waals surface area contributed by atoms with Gasteiger partial charge in [-0.25, -0.2) is 9.80 Å². The zero-order chi connectivity index (χ0) is 11.4. The van der Waals surface area contributed by atoms with Crippen LogP contribution < -0.4 is 5.43 Å². The van der Waals surface area contributed by atoms with Crippen LogP contribution in [0.3, 0.4) is 0 Å². The number of nitrogens with zero attached hydrogens (tertiary/aromatic N) is 2. The molecule has 0 aromatic heterocycles. The SMILES string of the molecule is CN(C)NC(=O)N1CCC[C@H](C(=O)O)C1. The molecule has 1 aliphatic heterocycles. The molecule has 1 rings (SSSR count). The molecule has 0 saturated carbocycles. The van der Waals surface area contributed by atoms with E-state index >= 15 is 0 Å². The fourth-order valence-electron chi connectivity index (χ4n) is 1.63. The number of likely N-dealkylation sites (tertiary alicyclic amines) is 1. The van der Waals surface area contributed by atoms with Crippen LogP contribution >= 0.6 is 0 Å². The number of rotatable bonds is 2. The maximum Gasteiger partial charge on any atom is 0.331 e. The van der Waals surface area contributed by atoms with Crippen LogP contribution in [0.15, 0.2) is 0 Å². The van der Waals surface area contributed by atoms with Gasteiger partial charge in [0.2, 0.25) is 0 Å². The molecule has 0 radical (unpaired) electrons. The van der Waals surface area contributed by atoms with Gasteiger partial charge in [0.05, 0.1) is 5.92 Å². The van der Waals surface area contributed by atoms with Crippen molar-refractivity contribution in [2.45, 2.75) is 12.8 Å². The fourth-order valence-corrected chi connectivity index (χ4v) is 1.63. The Bertz CT molecular complexity index is 255. The third-order valence-electron chi connectivity index (χ3n) is 2.38. The van der Waals surface area contributed by atoms with Crippen molar-refractivity contribution in [2.24, 2.45) is 5.92 Å². The van der Waals surface area contributed by atoms with Crippen molar-refractivity contribution in [1.29, 1.82) is 0 Å². The molecule has 0 aromatic carbocycles. The number of carbonyl (C=O) groups excluding carboxylic acids is 1. The Morgan fingerprint density at radius 2 is 2.13 bits per heavy atom. The number of hydrogen-bond acceptors (Lipinski definition) is 3. The lowest BCUT2D eigenvalue weighted by Gasteiger charge is -2.31. The highest BCUT2D eigenvalue weighted by molar-refractivity contribution is 5.76. The number of hydrogen-bond donors (Lipinski definition) is 2. The summed E-state index contributed by atoms with van der Waals surface area (Å²) in [5, 5.41) is 10.4. The number of urea groups is 1. The van der Waals surface area contributed by atoms with Crippen LogP contribution in [0.2, 0.25) is 0 Å². The van der Waals surface area contributed by atoms with Gasteiger partial charge in [0.1, 0.15) is 0 Å². The van der Waals surface area contributed by atoms with Gasteiger partial charge in [0, 0.05) is 27.2 Å². The largest absolute Gasteiger partial charge is 0.481 e. The van der Waals surface area contributed by atoms with E-state index in [4.69, 9.17) is 5.11 Å². The molecule has 1 atom stereocenters. The van der Waals surface area contributed by atoms with Crippen LogP contribution in [-0.4, -0.2) is 54.2 Å². The summed E-state index contributed by atoms with van der Waals surface area (Å²) in [7, 11) is 3.44. The second-order valence-electron chi connectivity index (χ2n) is 3.93. The summed E-state index contributed by atoms with van der Waals surface area (Å²) in [5.41, 5.74) is 2.60. The van der Waals surface area contributed by atoms with Gasteiger partial charge < -0.3 is 10.0 Å². The van der Waals surface area contributed by atoms with Crippen LogP contribution in [0.1, 0.15) is 12.8 Å². The van der Waals surface area contributed by atoms with E-state index in [0.29, 0.717) is 19.5 Å². The van der Waals surface area contributed by atoms with Crippen molar-refractivity contribution in [3.8, 4) is 0 Å². The first kappa shape index (κ1) is 11.8. The van der Waals surface area contributed by atoms with E-state index in [9.17, 15) is 9.59 Å². The van der Waals surface area contributed by atoms with E-state index < -0.39 is 11.9 Å². The Morgan fingerprint density at radius 1 is 1.47 bits per heavy atom. The first-order valence-corrected chi connectivity index (χ1v) is 4.96. The van der Waals surface area contributed by atoms with E-state index in [0.717, 1.165) is 6.42 Å². The number of amides is 2. The summed E-state index contributed by atoms with van der Waals surface area (Å²) < 4.78 is 0. The molecule has 0 spiro atoms. The van der Waals surface area contributed by atoms with Gasteiger partial charge in [-0.2, -0.15) is 0 Å². The van der Waals surface area contributed by atoms with Crippen molar-refractivity contribution < 1.29 is 14.7 Å². The zero-order valence-electron chi connectivity index (χ0n) is 9.06. The number of carbonyl (C=O) groups is 2. The summed E-state index contributed by atoms with van der Waals surface area (Å²) in [6.45, 7) is 0.929. The maximum atomic E-state index is 11.6. The van der Waals surface area contributed by atoms with Gasteiger partial charge in [0.25, 0.3) is 0 Å². The number of hydrazine groups is 1. The highest BCUT2D eigenvalue weighted by Gasteiger charge is 2.28. The quantitative estimate of drug-likeness (QED) is 0.634. The predicted molar refractivity (Wildman–Crippen MR) is 54.2 cm³/mol. The molecular formula is C9H17N3O3.